The molecule has 0 aliphatic carbocycles. The van der Waals surface area contributed by atoms with E-state index in [0.29, 0.717) is 30.4 Å². The monoisotopic (exact) mass is 394 g/mol. The molecule has 2 aromatic rings. The van der Waals surface area contributed by atoms with Crippen LogP contribution in [0.2, 0.25) is 0 Å². The third-order valence-corrected chi connectivity index (χ3v) is 5.44. The van der Waals surface area contributed by atoms with Gasteiger partial charge in [-0.15, -0.1) is 11.8 Å². The molecule has 0 aromatic heterocycles. The molecule has 1 aliphatic heterocycles. The van der Waals surface area contributed by atoms with Crippen LogP contribution in [0.5, 0.6) is 11.5 Å². The van der Waals surface area contributed by atoms with Crippen molar-refractivity contribution in [3.63, 3.8) is 0 Å². The first-order valence-electron chi connectivity index (χ1n) is 7.87. The molecule has 3 rings (SSSR count). The molecule has 0 radical (unpaired) electrons. The number of benzene rings is 2. The maximum atomic E-state index is 12.1. The van der Waals surface area contributed by atoms with E-state index in [9.17, 15) is 13.2 Å². The van der Waals surface area contributed by atoms with Crippen molar-refractivity contribution in [2.24, 2.45) is 5.14 Å². The zero-order valence-corrected chi connectivity index (χ0v) is 15.4. The lowest BCUT2D eigenvalue weighted by Gasteiger charge is -2.09. The topological polar surface area (TPSA) is 108 Å². The number of primary sulfonamides is 1. The van der Waals surface area contributed by atoms with Crippen LogP contribution in [0, 0.1) is 0 Å². The van der Waals surface area contributed by atoms with Crippen molar-refractivity contribution in [3.8, 4) is 11.5 Å². The average molecular weight is 394 g/mol. The van der Waals surface area contributed by atoms with E-state index in [-0.39, 0.29) is 16.6 Å². The van der Waals surface area contributed by atoms with Crippen LogP contribution in [0.25, 0.3) is 0 Å². The highest BCUT2D eigenvalue weighted by atomic mass is 32.2. The third kappa shape index (κ3) is 4.90. The molecular weight excluding hydrogens is 376 g/mol. The van der Waals surface area contributed by atoms with Crippen molar-refractivity contribution >= 4 is 33.4 Å². The van der Waals surface area contributed by atoms with Crippen LogP contribution < -0.4 is 19.9 Å². The lowest BCUT2D eigenvalue weighted by atomic mass is 10.3. The van der Waals surface area contributed by atoms with Crippen LogP contribution in [-0.4, -0.2) is 33.3 Å². The molecule has 0 saturated heterocycles. The first-order chi connectivity index (χ1) is 12.4. The summed E-state index contributed by atoms with van der Waals surface area (Å²) in [4.78, 5) is 12.9. The standard InChI is InChI=1S/C17H18N2O5S2/c18-26(21,22)14-4-1-3-12(9-14)19-17(20)11-25-13-5-6-15-16(10-13)24-8-2-7-23-15/h1,3-6,9-10H,2,7-8,11H2,(H,19,20)(H2,18,21,22). The second kappa shape index (κ2) is 7.98. The van der Waals surface area contributed by atoms with Gasteiger partial charge in [-0.1, -0.05) is 6.07 Å². The minimum Gasteiger partial charge on any atom is -0.490 e. The smallest absolute Gasteiger partial charge is 0.238 e. The van der Waals surface area contributed by atoms with Crippen molar-refractivity contribution in [1.82, 2.24) is 0 Å². The Balaban J connectivity index is 1.60. The minimum absolute atomic E-state index is 0.0501. The number of nitrogens with one attached hydrogen (secondary N) is 1. The highest BCUT2D eigenvalue weighted by molar-refractivity contribution is 8.00. The first-order valence-corrected chi connectivity index (χ1v) is 10.4. The summed E-state index contributed by atoms with van der Waals surface area (Å²) in [5.74, 6) is 1.29. The number of nitrogens with two attached hydrogens (primary N) is 1. The quantitative estimate of drug-likeness (QED) is 0.753. The predicted molar refractivity (Wildman–Crippen MR) is 99.2 cm³/mol. The largest absolute Gasteiger partial charge is 0.490 e. The Morgan fingerprint density at radius 3 is 2.65 bits per heavy atom. The number of ether oxygens (including phenoxy) is 2. The SMILES string of the molecule is NS(=O)(=O)c1cccc(NC(=O)CSc2ccc3c(c2)OCCCO3)c1. The molecule has 2 aromatic carbocycles. The predicted octanol–water partition coefficient (Wildman–Crippen LogP) is 2.23. The van der Waals surface area contributed by atoms with E-state index in [1.165, 1.54) is 30.0 Å². The molecule has 7 nitrogen and oxygen atoms in total. The van der Waals surface area contributed by atoms with E-state index in [1.807, 2.05) is 18.2 Å². The maximum absolute atomic E-state index is 12.1. The Bertz CT molecular complexity index is 915. The number of carbonyl (C=O) groups is 1. The number of sulfonamides is 1. The summed E-state index contributed by atoms with van der Waals surface area (Å²) in [5, 5.41) is 7.75. The molecule has 0 atom stereocenters. The van der Waals surface area contributed by atoms with Gasteiger partial charge in [-0.3, -0.25) is 4.79 Å². The van der Waals surface area contributed by atoms with Gasteiger partial charge in [0, 0.05) is 17.0 Å². The molecular formula is C17H18N2O5S2. The molecule has 0 saturated carbocycles. The second-order valence-corrected chi connectivity index (χ2v) is 8.18. The Morgan fingerprint density at radius 2 is 1.88 bits per heavy atom. The third-order valence-electron chi connectivity index (χ3n) is 3.54. The molecule has 0 unspecified atom stereocenters. The van der Waals surface area contributed by atoms with Gasteiger partial charge < -0.3 is 14.8 Å². The van der Waals surface area contributed by atoms with E-state index < -0.39 is 10.0 Å². The van der Waals surface area contributed by atoms with Gasteiger partial charge >= 0.3 is 0 Å². The van der Waals surface area contributed by atoms with Crippen LogP contribution in [0.4, 0.5) is 5.69 Å². The fraction of sp³-hybridized carbons (Fsp3) is 0.235. The summed E-state index contributed by atoms with van der Waals surface area (Å²) in [6, 6.07) is 11.4. The number of anilines is 1. The highest BCUT2D eigenvalue weighted by Crippen LogP contribution is 2.33. The highest BCUT2D eigenvalue weighted by Gasteiger charge is 2.13. The van der Waals surface area contributed by atoms with Crippen molar-refractivity contribution in [2.75, 3.05) is 24.3 Å². The van der Waals surface area contributed by atoms with Gasteiger partial charge in [0.25, 0.3) is 0 Å². The Labute approximate surface area is 155 Å². The lowest BCUT2D eigenvalue weighted by molar-refractivity contribution is -0.113. The number of rotatable bonds is 5. The second-order valence-electron chi connectivity index (χ2n) is 5.57. The van der Waals surface area contributed by atoms with Crippen LogP contribution in [0.3, 0.4) is 0 Å². The Kier molecular flexibility index (Phi) is 5.70. The minimum atomic E-state index is -3.81. The fourth-order valence-corrected chi connectivity index (χ4v) is 3.61. The number of amides is 1. The molecule has 3 N–H and O–H groups in total. The van der Waals surface area contributed by atoms with Gasteiger partial charge in [0.15, 0.2) is 11.5 Å². The number of fused-ring (bicyclic) bond motifs is 1. The average Bonchev–Trinajstić information content (AvgIpc) is 2.84. The Hall–Kier alpha value is -2.23. The summed E-state index contributed by atoms with van der Waals surface area (Å²) in [5.41, 5.74) is 0.376. The van der Waals surface area contributed by atoms with Gasteiger partial charge in [0.1, 0.15) is 0 Å². The van der Waals surface area contributed by atoms with E-state index in [1.54, 1.807) is 6.07 Å². The molecule has 1 heterocycles. The van der Waals surface area contributed by atoms with E-state index in [4.69, 9.17) is 14.6 Å². The number of thioether (sulfide) groups is 1. The van der Waals surface area contributed by atoms with Crippen LogP contribution in [-0.2, 0) is 14.8 Å². The number of carbonyl (C=O) groups excluding carboxylic acids is 1. The molecule has 1 amide bonds. The Morgan fingerprint density at radius 1 is 1.12 bits per heavy atom. The molecule has 0 fully saturated rings. The zero-order valence-electron chi connectivity index (χ0n) is 13.8. The molecule has 1 aliphatic rings. The van der Waals surface area contributed by atoms with Crippen LogP contribution in [0.1, 0.15) is 6.42 Å². The first kappa shape index (κ1) is 18.6. The van der Waals surface area contributed by atoms with Gasteiger partial charge in [-0.25, -0.2) is 13.6 Å². The number of hydrogen-bond acceptors (Lipinski definition) is 6. The summed E-state index contributed by atoms with van der Waals surface area (Å²) in [6.07, 6.45) is 0.831. The van der Waals surface area contributed by atoms with Crippen LogP contribution >= 0.6 is 11.8 Å². The molecule has 138 valence electrons. The molecule has 26 heavy (non-hydrogen) atoms. The van der Waals surface area contributed by atoms with E-state index in [0.717, 1.165) is 11.3 Å². The molecule has 0 bridgehead atoms. The zero-order chi connectivity index (χ0) is 18.6. The summed E-state index contributed by atoms with van der Waals surface area (Å²) in [6.45, 7) is 1.22. The maximum Gasteiger partial charge on any atom is 0.238 e. The van der Waals surface area contributed by atoms with Gasteiger partial charge in [-0.2, -0.15) is 0 Å². The van der Waals surface area contributed by atoms with Crippen molar-refractivity contribution < 1.29 is 22.7 Å². The summed E-state index contributed by atoms with van der Waals surface area (Å²) < 4.78 is 33.9. The van der Waals surface area contributed by atoms with Gasteiger partial charge in [-0.05, 0) is 36.4 Å². The molecule has 9 heteroatoms. The van der Waals surface area contributed by atoms with Crippen LogP contribution in [0.15, 0.2) is 52.3 Å². The van der Waals surface area contributed by atoms with Crippen molar-refractivity contribution in [2.45, 2.75) is 16.2 Å². The van der Waals surface area contributed by atoms with Gasteiger partial charge in [0.05, 0.1) is 23.9 Å². The summed E-state index contributed by atoms with van der Waals surface area (Å²) >= 11 is 1.35. The lowest BCUT2D eigenvalue weighted by Crippen LogP contribution is -2.16. The van der Waals surface area contributed by atoms with Crippen molar-refractivity contribution in [1.29, 1.82) is 0 Å². The summed E-state index contributed by atoms with van der Waals surface area (Å²) in [7, 11) is -3.81. The van der Waals surface area contributed by atoms with E-state index >= 15 is 0 Å². The van der Waals surface area contributed by atoms with Crippen molar-refractivity contribution in [3.05, 3.63) is 42.5 Å². The number of hydrogen-bond donors (Lipinski definition) is 2. The normalized spacial score (nSPS) is 13.7. The molecule has 0 spiro atoms. The van der Waals surface area contributed by atoms with E-state index in [2.05, 4.69) is 5.32 Å². The fourth-order valence-electron chi connectivity index (χ4n) is 2.33. The van der Waals surface area contributed by atoms with Gasteiger partial charge in [0.2, 0.25) is 15.9 Å².